The highest BCUT2D eigenvalue weighted by Gasteiger charge is 2.22. The van der Waals surface area contributed by atoms with E-state index in [1.54, 1.807) is 37.3 Å². The smallest absolute Gasteiger partial charge is 0.411 e. The largest absolute Gasteiger partial charge is 0.450 e. The summed E-state index contributed by atoms with van der Waals surface area (Å²) in [6.07, 6.45) is 0.226. The molecule has 0 aliphatic carbocycles. The van der Waals surface area contributed by atoms with Crippen LogP contribution < -0.4 is 10.6 Å². The van der Waals surface area contributed by atoms with E-state index in [9.17, 15) is 9.59 Å². The van der Waals surface area contributed by atoms with E-state index >= 15 is 0 Å². The van der Waals surface area contributed by atoms with Crippen molar-refractivity contribution in [2.24, 2.45) is 0 Å². The third-order valence-electron chi connectivity index (χ3n) is 3.81. The lowest BCUT2D eigenvalue weighted by atomic mass is 9.96. The fraction of sp³-hybridized carbons (Fsp3) is 0.222. The molecule has 124 valence electrons. The first kappa shape index (κ1) is 16.3. The molecule has 1 heterocycles. The molecule has 0 saturated carbocycles. The van der Waals surface area contributed by atoms with E-state index in [4.69, 9.17) is 16.3 Å². The lowest BCUT2D eigenvalue weighted by Gasteiger charge is -2.12. The lowest BCUT2D eigenvalue weighted by molar-refractivity contribution is 0.103. The van der Waals surface area contributed by atoms with Crippen LogP contribution in [0.1, 0.15) is 28.4 Å². The van der Waals surface area contributed by atoms with Crippen LogP contribution in [-0.2, 0) is 11.2 Å². The minimum atomic E-state index is -0.541. The molecule has 0 bridgehead atoms. The first-order valence-electron chi connectivity index (χ1n) is 7.73. The number of ketones is 1. The van der Waals surface area contributed by atoms with Gasteiger partial charge in [-0.05, 0) is 55.3 Å². The second-order valence-electron chi connectivity index (χ2n) is 5.41. The molecule has 3 rings (SSSR count). The minimum Gasteiger partial charge on any atom is -0.450 e. The van der Waals surface area contributed by atoms with Crippen molar-refractivity contribution in [2.75, 3.05) is 23.8 Å². The second-order valence-corrected chi connectivity index (χ2v) is 5.84. The lowest BCUT2D eigenvalue weighted by Crippen LogP contribution is -2.14. The predicted molar refractivity (Wildman–Crippen MR) is 94.2 cm³/mol. The topological polar surface area (TPSA) is 67.4 Å². The molecule has 0 unspecified atom stereocenters. The van der Waals surface area contributed by atoms with Gasteiger partial charge in [0.15, 0.2) is 5.78 Å². The predicted octanol–water partition coefficient (Wildman–Crippen LogP) is 4.11. The molecule has 2 aromatic rings. The minimum absolute atomic E-state index is 0.0980. The highest BCUT2D eigenvalue weighted by Crippen LogP contribution is 2.31. The summed E-state index contributed by atoms with van der Waals surface area (Å²) < 4.78 is 4.89. The molecule has 0 spiro atoms. The van der Waals surface area contributed by atoms with Crippen molar-refractivity contribution in [1.29, 1.82) is 0 Å². The molecule has 0 atom stereocenters. The van der Waals surface area contributed by atoms with Gasteiger partial charge < -0.3 is 10.1 Å². The highest BCUT2D eigenvalue weighted by atomic mass is 35.5. The van der Waals surface area contributed by atoms with Crippen molar-refractivity contribution in [1.82, 2.24) is 0 Å². The van der Waals surface area contributed by atoms with E-state index in [1.807, 2.05) is 6.07 Å². The average molecular weight is 345 g/mol. The van der Waals surface area contributed by atoms with Gasteiger partial charge in [0.25, 0.3) is 0 Å². The van der Waals surface area contributed by atoms with Crippen LogP contribution in [0.3, 0.4) is 0 Å². The van der Waals surface area contributed by atoms with Gasteiger partial charge in [0.2, 0.25) is 0 Å². The molecule has 5 nitrogen and oxygen atoms in total. The number of hydrogen-bond donors (Lipinski definition) is 2. The van der Waals surface area contributed by atoms with Crippen LogP contribution in [0.25, 0.3) is 0 Å². The van der Waals surface area contributed by atoms with E-state index in [2.05, 4.69) is 10.6 Å². The number of benzene rings is 2. The zero-order valence-corrected chi connectivity index (χ0v) is 13.9. The third kappa shape index (κ3) is 3.36. The number of fused-ring (bicyclic) bond motifs is 1. The number of halogens is 1. The Kier molecular flexibility index (Phi) is 4.71. The fourth-order valence-electron chi connectivity index (χ4n) is 2.74. The van der Waals surface area contributed by atoms with Crippen molar-refractivity contribution in [3.05, 3.63) is 58.1 Å². The number of amides is 1. The van der Waals surface area contributed by atoms with Crippen LogP contribution >= 0.6 is 11.6 Å². The molecule has 0 saturated heterocycles. The van der Waals surface area contributed by atoms with Crippen molar-refractivity contribution < 1.29 is 14.3 Å². The van der Waals surface area contributed by atoms with Gasteiger partial charge >= 0.3 is 6.09 Å². The molecule has 2 N–H and O–H groups in total. The Morgan fingerprint density at radius 3 is 2.71 bits per heavy atom. The van der Waals surface area contributed by atoms with Crippen molar-refractivity contribution in [2.45, 2.75) is 13.3 Å². The Morgan fingerprint density at radius 1 is 1.25 bits per heavy atom. The molecule has 0 aromatic heterocycles. The van der Waals surface area contributed by atoms with Gasteiger partial charge in [0.1, 0.15) is 0 Å². The molecule has 0 fully saturated rings. The normalized spacial score (nSPS) is 12.2. The monoisotopic (exact) mass is 344 g/mol. The van der Waals surface area contributed by atoms with E-state index in [0.29, 0.717) is 21.8 Å². The summed E-state index contributed by atoms with van der Waals surface area (Å²) in [7, 11) is 0. The zero-order chi connectivity index (χ0) is 17.1. The number of anilines is 2. The summed E-state index contributed by atoms with van der Waals surface area (Å²) in [6.45, 7) is 2.78. The van der Waals surface area contributed by atoms with E-state index < -0.39 is 6.09 Å². The Bertz CT molecular complexity index is 788. The highest BCUT2D eigenvalue weighted by molar-refractivity contribution is 6.30. The summed E-state index contributed by atoms with van der Waals surface area (Å²) in [4.78, 5) is 24.5. The number of rotatable bonds is 4. The van der Waals surface area contributed by atoms with Gasteiger partial charge in [-0.1, -0.05) is 11.6 Å². The number of ether oxygens (including phenoxy) is 1. The van der Waals surface area contributed by atoms with E-state index in [0.717, 1.165) is 24.2 Å². The van der Waals surface area contributed by atoms with Crippen LogP contribution in [0.2, 0.25) is 5.02 Å². The summed E-state index contributed by atoms with van der Waals surface area (Å²) >= 11 is 5.89. The van der Waals surface area contributed by atoms with Gasteiger partial charge in [0, 0.05) is 34.1 Å². The zero-order valence-electron chi connectivity index (χ0n) is 13.2. The molecule has 1 aliphatic heterocycles. The Morgan fingerprint density at radius 2 is 2.00 bits per heavy atom. The molecule has 1 amide bonds. The SMILES string of the molecule is CCOC(=O)Nc1cc2c(c(C(=O)c3ccc(Cl)cc3)c1)CCN2. The maximum Gasteiger partial charge on any atom is 0.411 e. The van der Waals surface area contributed by atoms with Crippen LogP contribution in [-0.4, -0.2) is 25.0 Å². The number of carbonyl (C=O) groups excluding carboxylic acids is 2. The third-order valence-corrected chi connectivity index (χ3v) is 4.07. The second kappa shape index (κ2) is 6.93. The first-order valence-corrected chi connectivity index (χ1v) is 8.11. The van der Waals surface area contributed by atoms with Crippen molar-refractivity contribution in [3.8, 4) is 0 Å². The summed E-state index contributed by atoms with van der Waals surface area (Å²) in [5.41, 5.74) is 3.48. The molecule has 0 radical (unpaired) electrons. The molecular weight excluding hydrogens is 328 g/mol. The van der Waals surface area contributed by atoms with Gasteiger partial charge in [-0.25, -0.2) is 4.79 Å². The maximum atomic E-state index is 12.9. The summed E-state index contributed by atoms with van der Waals surface area (Å²) in [5.74, 6) is -0.0980. The molecule has 24 heavy (non-hydrogen) atoms. The molecular formula is C18H17ClN2O3. The van der Waals surface area contributed by atoms with Gasteiger partial charge in [-0.3, -0.25) is 10.1 Å². The molecule has 2 aromatic carbocycles. The van der Waals surface area contributed by atoms with E-state index in [1.165, 1.54) is 0 Å². The maximum absolute atomic E-state index is 12.9. The van der Waals surface area contributed by atoms with Crippen LogP contribution in [0.4, 0.5) is 16.2 Å². The van der Waals surface area contributed by atoms with Crippen LogP contribution in [0, 0.1) is 0 Å². The summed E-state index contributed by atoms with van der Waals surface area (Å²) in [5, 5.41) is 6.47. The average Bonchev–Trinajstić information content (AvgIpc) is 3.02. The Labute approximate surface area is 145 Å². The quantitative estimate of drug-likeness (QED) is 0.819. The van der Waals surface area contributed by atoms with Crippen molar-refractivity contribution >= 4 is 34.9 Å². The molecule has 1 aliphatic rings. The van der Waals surface area contributed by atoms with Crippen LogP contribution in [0.5, 0.6) is 0 Å². The first-order chi connectivity index (χ1) is 11.6. The van der Waals surface area contributed by atoms with Gasteiger partial charge in [-0.2, -0.15) is 0 Å². The standard InChI is InChI=1S/C18H17ClN2O3/c1-2-24-18(23)21-13-9-15(14-7-8-20-16(14)10-13)17(22)11-3-5-12(19)6-4-11/h3-6,9-10,20H,2,7-8H2,1H3,(H,21,23). The fourth-order valence-corrected chi connectivity index (χ4v) is 2.86. The number of carbonyl (C=O) groups is 2. The van der Waals surface area contributed by atoms with E-state index in [-0.39, 0.29) is 12.4 Å². The van der Waals surface area contributed by atoms with Gasteiger partial charge in [0.05, 0.1) is 6.61 Å². The van der Waals surface area contributed by atoms with Crippen molar-refractivity contribution in [3.63, 3.8) is 0 Å². The number of nitrogens with one attached hydrogen (secondary N) is 2. The summed E-state index contributed by atoms with van der Waals surface area (Å²) in [6, 6.07) is 10.3. The Balaban J connectivity index is 1.97. The molecule has 6 heteroatoms. The number of hydrogen-bond acceptors (Lipinski definition) is 4. The van der Waals surface area contributed by atoms with Crippen LogP contribution in [0.15, 0.2) is 36.4 Å². The Hall–Kier alpha value is -2.53. The van der Waals surface area contributed by atoms with Gasteiger partial charge in [-0.15, -0.1) is 0 Å².